The molecule has 2 rings (SSSR count). The Hall–Kier alpha value is -1.60. The molecule has 1 amide bonds. The molecule has 1 N–H and O–H groups in total. The standard InChI is InChI=1S/C20H32N2O4S/c1-14(2)8-9-21-20(23)17-6-7-18(26-5)19(11-17)27(24,25)22-12-15(3)10-16(4)13-22/h6-7,11,14-16H,8-10,12-13H2,1-5H3,(H,21,23). The van der Waals surface area contributed by atoms with Crippen LogP contribution in [0.5, 0.6) is 5.75 Å². The first kappa shape index (κ1) is 21.7. The monoisotopic (exact) mass is 396 g/mol. The van der Waals surface area contributed by atoms with Crippen molar-refractivity contribution in [2.75, 3.05) is 26.7 Å². The van der Waals surface area contributed by atoms with Gasteiger partial charge in [-0.05, 0) is 48.8 Å². The molecule has 1 heterocycles. The van der Waals surface area contributed by atoms with E-state index in [2.05, 4.69) is 33.0 Å². The van der Waals surface area contributed by atoms with Gasteiger partial charge in [-0.15, -0.1) is 0 Å². The molecule has 0 spiro atoms. The largest absolute Gasteiger partial charge is 0.495 e. The third-order valence-electron chi connectivity index (χ3n) is 4.89. The lowest BCUT2D eigenvalue weighted by Gasteiger charge is -2.34. The van der Waals surface area contributed by atoms with Crippen molar-refractivity contribution in [2.24, 2.45) is 17.8 Å². The van der Waals surface area contributed by atoms with E-state index >= 15 is 0 Å². The second-order valence-electron chi connectivity index (χ2n) is 8.07. The fourth-order valence-corrected chi connectivity index (χ4v) is 5.40. The molecule has 1 saturated heterocycles. The first-order valence-corrected chi connectivity index (χ1v) is 11.1. The van der Waals surface area contributed by atoms with Gasteiger partial charge in [0.15, 0.2) is 0 Å². The summed E-state index contributed by atoms with van der Waals surface area (Å²) in [6, 6.07) is 4.59. The van der Waals surface area contributed by atoms with E-state index in [-0.39, 0.29) is 16.6 Å². The molecule has 27 heavy (non-hydrogen) atoms. The number of hydrogen-bond acceptors (Lipinski definition) is 4. The summed E-state index contributed by atoms with van der Waals surface area (Å²) >= 11 is 0. The van der Waals surface area contributed by atoms with Crippen LogP contribution in [0.4, 0.5) is 0 Å². The highest BCUT2D eigenvalue weighted by atomic mass is 32.2. The third kappa shape index (κ3) is 5.45. The summed E-state index contributed by atoms with van der Waals surface area (Å²) < 4.78 is 33.3. The molecule has 1 aliphatic heterocycles. The zero-order chi connectivity index (χ0) is 20.2. The lowest BCUT2D eigenvalue weighted by Crippen LogP contribution is -2.42. The fraction of sp³-hybridized carbons (Fsp3) is 0.650. The second-order valence-corrected chi connectivity index (χ2v) is 9.98. The predicted molar refractivity (Wildman–Crippen MR) is 106 cm³/mol. The van der Waals surface area contributed by atoms with Crippen LogP contribution in [0.25, 0.3) is 0 Å². The number of rotatable bonds is 7. The zero-order valence-corrected chi connectivity index (χ0v) is 17.8. The van der Waals surface area contributed by atoms with E-state index in [0.29, 0.717) is 43.0 Å². The van der Waals surface area contributed by atoms with E-state index in [9.17, 15) is 13.2 Å². The molecule has 7 heteroatoms. The number of amides is 1. The fourth-order valence-electron chi connectivity index (χ4n) is 3.54. The normalized spacial score (nSPS) is 21.3. The van der Waals surface area contributed by atoms with Gasteiger partial charge in [0, 0.05) is 25.2 Å². The Morgan fingerprint density at radius 2 is 1.89 bits per heavy atom. The van der Waals surface area contributed by atoms with Gasteiger partial charge in [0.2, 0.25) is 10.0 Å². The van der Waals surface area contributed by atoms with Crippen LogP contribution in [0.1, 0.15) is 50.9 Å². The van der Waals surface area contributed by atoms with Crippen molar-refractivity contribution in [2.45, 2.75) is 45.4 Å². The second kappa shape index (κ2) is 9.06. The molecule has 6 nitrogen and oxygen atoms in total. The number of ether oxygens (including phenoxy) is 1. The summed E-state index contributed by atoms with van der Waals surface area (Å²) in [7, 11) is -2.29. The lowest BCUT2D eigenvalue weighted by molar-refractivity contribution is 0.0951. The van der Waals surface area contributed by atoms with Gasteiger partial charge in [0.1, 0.15) is 10.6 Å². The minimum absolute atomic E-state index is 0.0582. The van der Waals surface area contributed by atoms with Crippen LogP contribution in [-0.2, 0) is 10.0 Å². The average molecular weight is 397 g/mol. The van der Waals surface area contributed by atoms with Crippen molar-refractivity contribution >= 4 is 15.9 Å². The summed E-state index contributed by atoms with van der Waals surface area (Å²) in [5, 5.41) is 2.85. The number of nitrogens with zero attached hydrogens (tertiary/aromatic N) is 1. The van der Waals surface area contributed by atoms with E-state index in [1.54, 1.807) is 12.1 Å². The molecule has 0 saturated carbocycles. The summed E-state index contributed by atoms with van der Waals surface area (Å²) in [6.07, 6.45) is 1.89. The van der Waals surface area contributed by atoms with Gasteiger partial charge in [-0.2, -0.15) is 4.31 Å². The number of sulfonamides is 1. The minimum atomic E-state index is -3.73. The lowest BCUT2D eigenvalue weighted by atomic mass is 9.94. The number of hydrogen-bond donors (Lipinski definition) is 1. The summed E-state index contributed by atoms with van der Waals surface area (Å²) in [6.45, 7) is 9.84. The topological polar surface area (TPSA) is 75.7 Å². The molecule has 1 aromatic carbocycles. The van der Waals surface area contributed by atoms with Crippen molar-refractivity contribution < 1.29 is 17.9 Å². The van der Waals surface area contributed by atoms with E-state index in [4.69, 9.17) is 4.74 Å². The quantitative estimate of drug-likeness (QED) is 0.768. The average Bonchev–Trinajstić information content (AvgIpc) is 2.59. The van der Waals surface area contributed by atoms with Gasteiger partial charge < -0.3 is 10.1 Å². The predicted octanol–water partition coefficient (Wildman–Crippen LogP) is 3.14. The molecule has 1 fully saturated rings. The highest BCUT2D eigenvalue weighted by Crippen LogP contribution is 2.32. The molecule has 2 unspecified atom stereocenters. The molecule has 1 aliphatic rings. The Morgan fingerprint density at radius 1 is 1.26 bits per heavy atom. The van der Waals surface area contributed by atoms with Gasteiger partial charge in [-0.1, -0.05) is 27.7 Å². The van der Waals surface area contributed by atoms with Gasteiger partial charge in [0.25, 0.3) is 5.91 Å². The number of nitrogens with one attached hydrogen (secondary N) is 1. The van der Waals surface area contributed by atoms with E-state index < -0.39 is 10.0 Å². The maximum atomic E-state index is 13.3. The molecule has 0 bridgehead atoms. The van der Waals surface area contributed by atoms with Crippen molar-refractivity contribution in [3.63, 3.8) is 0 Å². The van der Waals surface area contributed by atoms with Crippen molar-refractivity contribution in [3.05, 3.63) is 23.8 Å². The van der Waals surface area contributed by atoms with Crippen LogP contribution in [0, 0.1) is 17.8 Å². The third-order valence-corrected chi connectivity index (χ3v) is 6.74. The van der Waals surface area contributed by atoms with E-state index in [1.807, 2.05) is 0 Å². The zero-order valence-electron chi connectivity index (χ0n) is 17.0. The first-order chi connectivity index (χ1) is 12.6. The van der Waals surface area contributed by atoms with Crippen LogP contribution >= 0.6 is 0 Å². The minimum Gasteiger partial charge on any atom is -0.495 e. The van der Waals surface area contributed by atoms with Gasteiger partial charge in [0.05, 0.1) is 7.11 Å². The molecule has 152 valence electrons. The van der Waals surface area contributed by atoms with Crippen LogP contribution in [0.2, 0.25) is 0 Å². The molecule has 0 aliphatic carbocycles. The number of piperidine rings is 1. The highest BCUT2D eigenvalue weighted by molar-refractivity contribution is 7.89. The van der Waals surface area contributed by atoms with Crippen LogP contribution in [0.3, 0.4) is 0 Å². The summed E-state index contributed by atoms with van der Waals surface area (Å²) in [5.74, 6) is 1.09. The number of methoxy groups -OCH3 is 1. The maximum Gasteiger partial charge on any atom is 0.251 e. The Labute approximate surface area is 163 Å². The summed E-state index contributed by atoms with van der Waals surface area (Å²) in [4.78, 5) is 12.5. The first-order valence-electron chi connectivity index (χ1n) is 9.61. The van der Waals surface area contributed by atoms with Crippen LogP contribution in [0.15, 0.2) is 23.1 Å². The highest BCUT2D eigenvalue weighted by Gasteiger charge is 2.34. The molecule has 0 radical (unpaired) electrons. The van der Waals surface area contributed by atoms with E-state index in [1.165, 1.54) is 17.5 Å². The number of carbonyl (C=O) groups is 1. The van der Waals surface area contributed by atoms with Crippen molar-refractivity contribution in [1.82, 2.24) is 9.62 Å². The molecule has 2 atom stereocenters. The number of carbonyl (C=O) groups excluding carboxylic acids is 1. The van der Waals surface area contributed by atoms with Gasteiger partial charge in [-0.25, -0.2) is 8.42 Å². The van der Waals surface area contributed by atoms with Crippen LogP contribution < -0.4 is 10.1 Å². The Kier molecular flexibility index (Phi) is 7.28. The Morgan fingerprint density at radius 3 is 2.44 bits per heavy atom. The molecule has 1 aromatic rings. The Bertz CT molecular complexity index is 751. The van der Waals surface area contributed by atoms with E-state index in [0.717, 1.165) is 12.8 Å². The SMILES string of the molecule is COc1ccc(C(=O)NCCC(C)C)cc1S(=O)(=O)N1CC(C)CC(C)C1. The van der Waals surface area contributed by atoms with Crippen molar-refractivity contribution in [1.29, 1.82) is 0 Å². The van der Waals surface area contributed by atoms with Crippen LogP contribution in [-0.4, -0.2) is 45.4 Å². The van der Waals surface area contributed by atoms with Gasteiger partial charge >= 0.3 is 0 Å². The number of benzene rings is 1. The molecular weight excluding hydrogens is 364 g/mol. The van der Waals surface area contributed by atoms with Crippen molar-refractivity contribution in [3.8, 4) is 5.75 Å². The smallest absolute Gasteiger partial charge is 0.251 e. The van der Waals surface area contributed by atoms with Gasteiger partial charge in [-0.3, -0.25) is 4.79 Å². The molecule has 0 aromatic heterocycles. The Balaban J connectivity index is 2.30. The maximum absolute atomic E-state index is 13.3. The summed E-state index contributed by atoms with van der Waals surface area (Å²) in [5.41, 5.74) is 0.330. The molecular formula is C20H32N2O4S.